The van der Waals surface area contributed by atoms with Crippen molar-refractivity contribution in [1.82, 2.24) is 14.7 Å². The molecule has 1 saturated heterocycles. The predicted octanol–water partition coefficient (Wildman–Crippen LogP) is 3.83. The van der Waals surface area contributed by atoms with Crippen LogP contribution in [0, 0.1) is 11.7 Å². The molecule has 0 radical (unpaired) electrons. The number of aliphatic hydroxyl groups is 1. The van der Waals surface area contributed by atoms with E-state index in [0.29, 0.717) is 30.1 Å². The highest BCUT2D eigenvalue weighted by Gasteiger charge is 2.27. The Morgan fingerprint density at radius 2 is 2.04 bits per heavy atom. The van der Waals surface area contributed by atoms with Gasteiger partial charge in [0.05, 0.1) is 12.8 Å². The number of rotatable bonds is 4. The van der Waals surface area contributed by atoms with Crippen LogP contribution in [0.25, 0.3) is 11.1 Å². The molecule has 1 aliphatic heterocycles. The van der Waals surface area contributed by atoms with Crippen LogP contribution in [0.4, 0.5) is 9.18 Å². The number of hydrogen-bond acceptors (Lipinski definition) is 4. The van der Waals surface area contributed by atoms with Crippen molar-refractivity contribution in [3.8, 4) is 11.1 Å². The zero-order valence-corrected chi connectivity index (χ0v) is 16.7. The molecular weight excluding hydrogens is 361 g/mol. The van der Waals surface area contributed by atoms with Gasteiger partial charge in [0.2, 0.25) is 0 Å². The molecule has 6 nitrogen and oxygen atoms in total. The first-order valence-corrected chi connectivity index (χ1v) is 9.66. The first kappa shape index (κ1) is 20.3. The van der Waals surface area contributed by atoms with Gasteiger partial charge in [0.25, 0.3) is 0 Å². The minimum atomic E-state index is -0.484. The Bertz CT molecular complexity index is 821. The molecule has 1 aliphatic rings. The van der Waals surface area contributed by atoms with Gasteiger partial charge in [-0.25, -0.2) is 9.18 Å². The Labute approximate surface area is 164 Å². The fourth-order valence-corrected chi connectivity index (χ4v) is 3.42. The lowest BCUT2D eigenvalue weighted by Gasteiger charge is -2.33. The van der Waals surface area contributed by atoms with Gasteiger partial charge in [0.15, 0.2) is 0 Å². The van der Waals surface area contributed by atoms with Crippen molar-refractivity contribution in [2.75, 3.05) is 13.1 Å². The van der Waals surface area contributed by atoms with Gasteiger partial charge < -0.3 is 14.7 Å². The van der Waals surface area contributed by atoms with Crippen molar-refractivity contribution in [3.05, 3.63) is 42.0 Å². The van der Waals surface area contributed by atoms with Crippen LogP contribution in [0.15, 0.2) is 30.6 Å². The van der Waals surface area contributed by atoms with E-state index in [0.717, 1.165) is 19.4 Å². The highest BCUT2D eigenvalue weighted by atomic mass is 19.1. The standard InChI is InChI=1S/C21H28FN3O3/c1-21(2,3)28-20(27)24-9-7-15(8-10-24)12-25-13-17(11-23-25)18-6-4-5-16(14-26)19(18)22/h4-6,11,13,15,26H,7-10,12,14H2,1-3H3. The lowest BCUT2D eigenvalue weighted by molar-refractivity contribution is 0.0177. The van der Waals surface area contributed by atoms with Gasteiger partial charge in [-0.15, -0.1) is 0 Å². The van der Waals surface area contributed by atoms with E-state index in [1.54, 1.807) is 29.3 Å². The van der Waals surface area contributed by atoms with Crippen LogP contribution >= 0.6 is 0 Å². The maximum atomic E-state index is 14.4. The van der Waals surface area contributed by atoms with Crippen molar-refractivity contribution < 1.29 is 19.0 Å². The number of aliphatic hydroxyl groups excluding tert-OH is 1. The number of hydrogen-bond donors (Lipinski definition) is 1. The van der Waals surface area contributed by atoms with Gasteiger partial charge >= 0.3 is 6.09 Å². The molecule has 1 fully saturated rings. The summed E-state index contributed by atoms with van der Waals surface area (Å²) in [6, 6.07) is 4.99. The molecule has 7 heteroatoms. The Hall–Kier alpha value is -2.41. The van der Waals surface area contributed by atoms with Gasteiger partial charge in [-0.1, -0.05) is 18.2 Å². The van der Waals surface area contributed by atoms with Gasteiger partial charge in [-0.3, -0.25) is 4.68 Å². The summed E-state index contributed by atoms with van der Waals surface area (Å²) in [5.41, 5.74) is 0.929. The molecule has 0 aliphatic carbocycles. The van der Waals surface area contributed by atoms with Crippen molar-refractivity contribution in [2.45, 2.75) is 52.4 Å². The molecule has 0 saturated carbocycles. The smallest absolute Gasteiger partial charge is 0.410 e. The number of benzene rings is 1. The fourth-order valence-electron chi connectivity index (χ4n) is 3.42. The van der Waals surface area contributed by atoms with Crippen molar-refractivity contribution in [1.29, 1.82) is 0 Å². The van der Waals surface area contributed by atoms with E-state index >= 15 is 0 Å². The average molecular weight is 389 g/mol. The lowest BCUT2D eigenvalue weighted by atomic mass is 9.97. The molecule has 28 heavy (non-hydrogen) atoms. The van der Waals surface area contributed by atoms with E-state index in [2.05, 4.69) is 5.10 Å². The third-order valence-electron chi connectivity index (χ3n) is 4.90. The van der Waals surface area contributed by atoms with Gasteiger partial charge in [-0.05, 0) is 39.5 Å². The number of likely N-dealkylation sites (tertiary alicyclic amines) is 1. The number of amides is 1. The van der Waals surface area contributed by atoms with Gasteiger partial charge in [0, 0.05) is 42.5 Å². The summed E-state index contributed by atoms with van der Waals surface area (Å²) in [6.45, 7) is 7.33. The minimum absolute atomic E-state index is 0.258. The maximum Gasteiger partial charge on any atom is 0.410 e. The lowest BCUT2D eigenvalue weighted by Crippen LogP contribution is -2.42. The van der Waals surface area contributed by atoms with E-state index < -0.39 is 11.4 Å². The van der Waals surface area contributed by atoms with Gasteiger partial charge in [0.1, 0.15) is 11.4 Å². The number of carbonyl (C=O) groups is 1. The summed E-state index contributed by atoms with van der Waals surface area (Å²) in [7, 11) is 0. The molecule has 3 rings (SSSR count). The molecular formula is C21H28FN3O3. The Balaban J connectivity index is 1.58. The molecule has 2 heterocycles. The summed E-state index contributed by atoms with van der Waals surface area (Å²) in [6.07, 6.45) is 4.98. The van der Waals surface area contributed by atoms with Gasteiger partial charge in [-0.2, -0.15) is 5.10 Å². The highest BCUT2D eigenvalue weighted by molar-refractivity contribution is 5.68. The van der Waals surface area contributed by atoms with E-state index in [9.17, 15) is 14.3 Å². The van der Waals surface area contributed by atoms with Crippen molar-refractivity contribution in [2.24, 2.45) is 5.92 Å². The second-order valence-electron chi connectivity index (χ2n) is 8.30. The number of halogens is 1. The Kier molecular flexibility index (Phi) is 6.03. The SMILES string of the molecule is CC(C)(C)OC(=O)N1CCC(Cn2cc(-c3cccc(CO)c3F)cn2)CC1. The van der Waals surface area contributed by atoms with Crippen LogP contribution < -0.4 is 0 Å². The van der Waals surface area contributed by atoms with Crippen molar-refractivity contribution >= 4 is 6.09 Å². The Morgan fingerprint density at radius 1 is 1.32 bits per heavy atom. The Morgan fingerprint density at radius 3 is 2.68 bits per heavy atom. The predicted molar refractivity (Wildman–Crippen MR) is 104 cm³/mol. The minimum Gasteiger partial charge on any atom is -0.444 e. The van der Waals surface area contributed by atoms with Crippen molar-refractivity contribution in [3.63, 3.8) is 0 Å². The molecule has 1 aromatic carbocycles. The molecule has 0 atom stereocenters. The van der Waals surface area contributed by atoms with E-state index in [4.69, 9.17) is 4.74 Å². The van der Waals surface area contributed by atoms with Crippen LogP contribution in [0.3, 0.4) is 0 Å². The number of nitrogens with zero attached hydrogens (tertiary/aromatic N) is 3. The molecule has 1 amide bonds. The van der Waals surface area contributed by atoms with E-state index in [1.165, 1.54) is 0 Å². The number of carbonyl (C=O) groups excluding carboxylic acids is 1. The summed E-state index contributed by atoms with van der Waals surface area (Å²) in [5, 5.41) is 13.6. The van der Waals surface area contributed by atoms with Crippen LogP contribution in [0.2, 0.25) is 0 Å². The topological polar surface area (TPSA) is 67.6 Å². The third kappa shape index (κ3) is 4.90. The zero-order chi connectivity index (χ0) is 20.3. The molecule has 1 N–H and O–H groups in total. The summed E-state index contributed by atoms with van der Waals surface area (Å²) in [5.74, 6) is -0.00437. The van der Waals surface area contributed by atoms with E-state index in [1.807, 2.05) is 31.6 Å². The monoisotopic (exact) mass is 389 g/mol. The zero-order valence-electron chi connectivity index (χ0n) is 16.7. The molecule has 152 valence electrons. The van der Waals surface area contributed by atoms with E-state index in [-0.39, 0.29) is 18.3 Å². The molecule has 0 unspecified atom stereocenters. The maximum absolute atomic E-state index is 14.4. The normalized spacial score (nSPS) is 15.7. The molecule has 0 bridgehead atoms. The second-order valence-corrected chi connectivity index (χ2v) is 8.30. The molecule has 1 aromatic heterocycles. The first-order valence-electron chi connectivity index (χ1n) is 9.66. The molecule has 0 spiro atoms. The third-order valence-corrected chi connectivity index (χ3v) is 4.90. The quantitative estimate of drug-likeness (QED) is 0.863. The number of ether oxygens (including phenoxy) is 1. The van der Waals surface area contributed by atoms with Crippen LogP contribution in [0.5, 0.6) is 0 Å². The molecule has 2 aromatic rings. The summed E-state index contributed by atoms with van der Waals surface area (Å²) in [4.78, 5) is 13.9. The first-order chi connectivity index (χ1) is 13.3. The summed E-state index contributed by atoms with van der Waals surface area (Å²) >= 11 is 0. The second kappa shape index (κ2) is 8.31. The van der Waals surface area contributed by atoms with Crippen LogP contribution in [0.1, 0.15) is 39.2 Å². The van der Waals surface area contributed by atoms with Crippen LogP contribution in [-0.2, 0) is 17.9 Å². The van der Waals surface area contributed by atoms with Crippen LogP contribution in [-0.4, -0.2) is 44.6 Å². The highest BCUT2D eigenvalue weighted by Crippen LogP contribution is 2.26. The largest absolute Gasteiger partial charge is 0.444 e. The number of piperidine rings is 1. The average Bonchev–Trinajstić information content (AvgIpc) is 3.09. The fraction of sp³-hybridized carbons (Fsp3) is 0.524. The summed E-state index contributed by atoms with van der Waals surface area (Å²) < 4.78 is 21.7. The number of aromatic nitrogens is 2.